The van der Waals surface area contributed by atoms with Crippen LogP contribution >= 0.6 is 11.6 Å². The van der Waals surface area contributed by atoms with Crippen molar-refractivity contribution in [3.8, 4) is 5.69 Å². The fraction of sp³-hybridized carbons (Fsp3) is 0.412. The first kappa shape index (κ1) is 17.5. The van der Waals surface area contributed by atoms with Crippen LogP contribution in [0.25, 0.3) is 5.69 Å². The van der Waals surface area contributed by atoms with Gasteiger partial charge < -0.3 is 10.4 Å². The quantitative estimate of drug-likeness (QED) is 0.852. The predicted molar refractivity (Wildman–Crippen MR) is 91.3 cm³/mol. The molecule has 2 rings (SSSR count). The van der Waals surface area contributed by atoms with Gasteiger partial charge in [0.2, 0.25) is 0 Å². The van der Waals surface area contributed by atoms with E-state index in [0.29, 0.717) is 17.0 Å². The van der Waals surface area contributed by atoms with Crippen LogP contribution in [0.4, 0.5) is 0 Å². The van der Waals surface area contributed by atoms with Crippen LogP contribution in [0, 0.1) is 13.8 Å². The fourth-order valence-electron chi connectivity index (χ4n) is 2.38. The van der Waals surface area contributed by atoms with Crippen molar-refractivity contribution >= 4 is 17.5 Å². The summed E-state index contributed by atoms with van der Waals surface area (Å²) >= 11 is 6.16. The van der Waals surface area contributed by atoms with Crippen molar-refractivity contribution in [1.82, 2.24) is 15.1 Å². The Hall–Kier alpha value is -1.85. The standard InChI is InChI=1S/C17H22ClN3O2/c1-4-5-15(22)10-19-17(23)13-6-8-14(9-7-13)21-12(3)16(18)11(2)20-21/h6-9,15,22H,4-5,10H2,1-3H3,(H,19,23). The maximum Gasteiger partial charge on any atom is 0.251 e. The van der Waals surface area contributed by atoms with Crippen molar-refractivity contribution < 1.29 is 9.90 Å². The van der Waals surface area contributed by atoms with Crippen molar-refractivity contribution in [3.63, 3.8) is 0 Å². The molecule has 0 fully saturated rings. The molecular weight excluding hydrogens is 314 g/mol. The fourth-order valence-corrected chi connectivity index (χ4v) is 2.49. The van der Waals surface area contributed by atoms with E-state index in [1.54, 1.807) is 16.8 Å². The topological polar surface area (TPSA) is 67.2 Å². The molecule has 6 heteroatoms. The van der Waals surface area contributed by atoms with Crippen molar-refractivity contribution in [2.24, 2.45) is 0 Å². The Balaban J connectivity index is 2.07. The number of hydrogen-bond donors (Lipinski definition) is 2. The Kier molecular flexibility index (Phi) is 5.80. The molecule has 1 atom stereocenters. The number of nitrogens with zero attached hydrogens (tertiary/aromatic N) is 2. The highest BCUT2D eigenvalue weighted by molar-refractivity contribution is 6.31. The van der Waals surface area contributed by atoms with Gasteiger partial charge in [-0.3, -0.25) is 4.79 Å². The molecule has 1 unspecified atom stereocenters. The number of halogens is 1. The van der Waals surface area contributed by atoms with Gasteiger partial charge in [-0.15, -0.1) is 0 Å². The van der Waals surface area contributed by atoms with E-state index in [2.05, 4.69) is 10.4 Å². The predicted octanol–water partition coefficient (Wildman–Crippen LogP) is 3.03. The zero-order valence-electron chi connectivity index (χ0n) is 13.6. The average molecular weight is 336 g/mol. The molecule has 1 aromatic carbocycles. The van der Waals surface area contributed by atoms with Crippen LogP contribution in [0.15, 0.2) is 24.3 Å². The molecule has 1 heterocycles. The molecule has 0 aliphatic heterocycles. The largest absolute Gasteiger partial charge is 0.391 e. The van der Waals surface area contributed by atoms with Crippen molar-refractivity contribution in [2.45, 2.75) is 39.7 Å². The molecule has 124 valence electrons. The molecule has 1 amide bonds. The summed E-state index contributed by atoms with van der Waals surface area (Å²) in [5.41, 5.74) is 3.03. The molecule has 0 saturated carbocycles. The van der Waals surface area contributed by atoms with Crippen LogP contribution in [-0.2, 0) is 0 Å². The molecule has 1 aromatic heterocycles. The smallest absolute Gasteiger partial charge is 0.251 e. The van der Waals surface area contributed by atoms with E-state index < -0.39 is 6.10 Å². The minimum Gasteiger partial charge on any atom is -0.391 e. The van der Waals surface area contributed by atoms with Crippen LogP contribution in [-0.4, -0.2) is 33.4 Å². The molecule has 2 aromatic rings. The Morgan fingerprint density at radius 2 is 2.00 bits per heavy atom. The summed E-state index contributed by atoms with van der Waals surface area (Å²) in [6, 6.07) is 7.13. The van der Waals surface area contributed by atoms with Crippen LogP contribution in [0.2, 0.25) is 5.02 Å². The Morgan fingerprint density at radius 3 is 2.52 bits per heavy atom. The number of aliphatic hydroxyl groups is 1. The zero-order valence-corrected chi connectivity index (χ0v) is 14.4. The van der Waals surface area contributed by atoms with Crippen molar-refractivity contribution in [2.75, 3.05) is 6.54 Å². The minimum absolute atomic E-state index is 0.196. The average Bonchev–Trinajstić information content (AvgIpc) is 2.80. The van der Waals surface area contributed by atoms with Gasteiger partial charge in [0.15, 0.2) is 0 Å². The molecule has 0 aliphatic carbocycles. The van der Waals surface area contributed by atoms with Gasteiger partial charge in [0.25, 0.3) is 5.91 Å². The molecule has 0 radical (unpaired) electrons. The molecule has 0 saturated heterocycles. The highest BCUT2D eigenvalue weighted by Gasteiger charge is 2.12. The molecule has 0 bridgehead atoms. The normalized spacial score (nSPS) is 12.2. The van der Waals surface area contributed by atoms with Crippen LogP contribution < -0.4 is 5.32 Å². The SMILES string of the molecule is CCCC(O)CNC(=O)c1ccc(-n2nc(C)c(Cl)c2C)cc1. The second-order valence-electron chi connectivity index (χ2n) is 5.60. The Labute approximate surface area is 141 Å². The summed E-state index contributed by atoms with van der Waals surface area (Å²) in [6.45, 7) is 6.02. The summed E-state index contributed by atoms with van der Waals surface area (Å²) < 4.78 is 1.75. The highest BCUT2D eigenvalue weighted by atomic mass is 35.5. The van der Waals surface area contributed by atoms with Crippen molar-refractivity contribution in [3.05, 3.63) is 46.2 Å². The Bertz CT molecular complexity index is 680. The number of rotatable bonds is 6. The summed E-state index contributed by atoms with van der Waals surface area (Å²) in [5.74, 6) is -0.196. The molecule has 5 nitrogen and oxygen atoms in total. The van der Waals surface area contributed by atoms with Gasteiger partial charge in [0, 0.05) is 12.1 Å². The first-order chi connectivity index (χ1) is 10.9. The summed E-state index contributed by atoms with van der Waals surface area (Å²) in [4.78, 5) is 12.1. The van der Waals surface area contributed by atoms with Gasteiger partial charge in [-0.05, 0) is 44.5 Å². The highest BCUT2D eigenvalue weighted by Crippen LogP contribution is 2.22. The minimum atomic E-state index is -0.500. The Morgan fingerprint density at radius 1 is 1.35 bits per heavy atom. The number of hydrogen-bond acceptors (Lipinski definition) is 3. The lowest BCUT2D eigenvalue weighted by Gasteiger charge is -2.11. The van der Waals surface area contributed by atoms with Gasteiger partial charge in [0.1, 0.15) is 0 Å². The number of aliphatic hydroxyl groups excluding tert-OH is 1. The third-order valence-corrected chi connectivity index (χ3v) is 4.24. The number of aryl methyl sites for hydroxylation is 1. The molecular formula is C17H22ClN3O2. The molecule has 0 aliphatic rings. The van der Waals surface area contributed by atoms with E-state index in [4.69, 9.17) is 11.6 Å². The summed E-state index contributed by atoms with van der Waals surface area (Å²) in [6.07, 6.45) is 1.06. The third kappa shape index (κ3) is 4.12. The maximum atomic E-state index is 12.1. The number of carbonyl (C=O) groups is 1. The number of amides is 1. The van der Waals surface area contributed by atoms with Crippen LogP contribution in [0.1, 0.15) is 41.5 Å². The monoisotopic (exact) mass is 335 g/mol. The van der Waals surface area contributed by atoms with E-state index in [1.807, 2.05) is 32.9 Å². The van der Waals surface area contributed by atoms with E-state index in [-0.39, 0.29) is 12.5 Å². The van der Waals surface area contributed by atoms with Crippen LogP contribution in [0.3, 0.4) is 0 Å². The van der Waals surface area contributed by atoms with E-state index in [0.717, 1.165) is 23.5 Å². The lowest BCUT2D eigenvalue weighted by Crippen LogP contribution is -2.31. The lowest BCUT2D eigenvalue weighted by molar-refractivity contribution is 0.0910. The zero-order chi connectivity index (χ0) is 17.0. The van der Waals surface area contributed by atoms with Gasteiger partial charge in [-0.2, -0.15) is 5.10 Å². The summed E-state index contributed by atoms with van der Waals surface area (Å²) in [5, 5.41) is 17.4. The number of nitrogens with one attached hydrogen (secondary N) is 1. The van der Waals surface area contributed by atoms with Gasteiger partial charge >= 0.3 is 0 Å². The summed E-state index contributed by atoms with van der Waals surface area (Å²) in [7, 11) is 0. The number of benzene rings is 1. The molecule has 23 heavy (non-hydrogen) atoms. The van der Waals surface area contributed by atoms with Gasteiger partial charge in [0.05, 0.1) is 28.2 Å². The van der Waals surface area contributed by atoms with Gasteiger partial charge in [-0.25, -0.2) is 4.68 Å². The first-order valence-corrected chi connectivity index (χ1v) is 8.10. The lowest BCUT2D eigenvalue weighted by atomic mass is 10.1. The molecule has 2 N–H and O–H groups in total. The molecule has 0 spiro atoms. The van der Waals surface area contributed by atoms with E-state index >= 15 is 0 Å². The maximum absolute atomic E-state index is 12.1. The van der Waals surface area contributed by atoms with Crippen LogP contribution in [0.5, 0.6) is 0 Å². The van der Waals surface area contributed by atoms with Gasteiger partial charge in [-0.1, -0.05) is 24.9 Å². The number of aromatic nitrogens is 2. The van der Waals surface area contributed by atoms with E-state index in [1.165, 1.54) is 0 Å². The third-order valence-electron chi connectivity index (χ3n) is 3.70. The van der Waals surface area contributed by atoms with Crippen molar-refractivity contribution in [1.29, 1.82) is 0 Å². The second-order valence-corrected chi connectivity index (χ2v) is 5.97. The number of carbonyl (C=O) groups excluding carboxylic acids is 1. The van der Waals surface area contributed by atoms with E-state index in [9.17, 15) is 9.90 Å². The second kappa shape index (κ2) is 7.62. The first-order valence-electron chi connectivity index (χ1n) is 7.72.